The third kappa shape index (κ3) is 8.05. The van der Waals surface area contributed by atoms with E-state index in [0.29, 0.717) is 5.56 Å². The first kappa shape index (κ1) is 26.6. The fraction of sp³-hybridized carbons (Fsp3) is 0.522. The summed E-state index contributed by atoms with van der Waals surface area (Å²) >= 11 is 0. The number of hydrogen-bond acceptors (Lipinski definition) is 7. The highest BCUT2D eigenvalue weighted by molar-refractivity contribution is 5.94. The quantitative estimate of drug-likeness (QED) is 0.285. The van der Waals surface area contributed by atoms with Crippen molar-refractivity contribution >= 4 is 29.6 Å². The number of phenolic OH excluding ortho intramolecular Hbond substituents is 1. The zero-order chi connectivity index (χ0) is 25.4. The molecule has 0 aliphatic carbocycles. The van der Waals surface area contributed by atoms with Crippen LogP contribution >= 0.6 is 0 Å². The van der Waals surface area contributed by atoms with Gasteiger partial charge in [-0.05, 0) is 30.5 Å². The van der Waals surface area contributed by atoms with Gasteiger partial charge in [-0.3, -0.25) is 24.0 Å². The first-order valence-electron chi connectivity index (χ1n) is 11.1. The van der Waals surface area contributed by atoms with Crippen molar-refractivity contribution in [3.63, 3.8) is 0 Å². The molecule has 11 nitrogen and oxygen atoms in total. The first-order chi connectivity index (χ1) is 16.0. The van der Waals surface area contributed by atoms with Gasteiger partial charge in [-0.15, -0.1) is 0 Å². The molecule has 186 valence electrons. The number of phenols is 1. The van der Waals surface area contributed by atoms with E-state index in [4.69, 9.17) is 4.74 Å². The maximum absolute atomic E-state index is 13.0. The molecule has 5 N–H and O–H groups in total. The van der Waals surface area contributed by atoms with Crippen LogP contribution in [-0.2, 0) is 35.1 Å². The van der Waals surface area contributed by atoms with Crippen molar-refractivity contribution in [2.75, 3.05) is 6.61 Å². The summed E-state index contributed by atoms with van der Waals surface area (Å²) < 4.78 is 4.81. The molecule has 0 unspecified atom stereocenters. The van der Waals surface area contributed by atoms with Crippen molar-refractivity contribution in [3.8, 4) is 5.75 Å². The smallest absolute Gasteiger partial charge is 0.308 e. The van der Waals surface area contributed by atoms with Gasteiger partial charge < -0.3 is 31.1 Å². The lowest BCUT2D eigenvalue weighted by molar-refractivity contribution is -0.138. The molecule has 1 fully saturated rings. The number of rotatable bonds is 10. The third-order valence-electron chi connectivity index (χ3n) is 5.27. The Morgan fingerprint density at radius 1 is 1.00 bits per heavy atom. The number of benzene rings is 1. The van der Waals surface area contributed by atoms with E-state index in [9.17, 15) is 29.1 Å². The number of hydrogen-bond donors (Lipinski definition) is 5. The molecule has 1 aliphatic rings. The SMILES string of the molecule is CC(=O)N[C@@H](Cc1ccc(O)cc1)C(=O)N[C@H](C(=O)N[C@@H](C)C(=O)N[C@@H]1COC(=O)C1)C(C)C. The number of cyclic esters (lactones) is 1. The average molecular weight is 477 g/mol. The third-order valence-corrected chi connectivity index (χ3v) is 5.27. The van der Waals surface area contributed by atoms with Crippen molar-refractivity contribution in [1.82, 2.24) is 21.3 Å². The normalized spacial score (nSPS) is 17.8. The molecule has 4 amide bonds. The Balaban J connectivity index is 2.01. The van der Waals surface area contributed by atoms with Gasteiger partial charge in [-0.25, -0.2) is 0 Å². The van der Waals surface area contributed by atoms with E-state index in [1.165, 1.54) is 26.0 Å². The predicted octanol–water partition coefficient (Wildman–Crippen LogP) is -0.483. The molecule has 0 radical (unpaired) electrons. The molecule has 1 heterocycles. The Morgan fingerprint density at radius 3 is 2.18 bits per heavy atom. The molecule has 11 heteroatoms. The monoisotopic (exact) mass is 476 g/mol. The molecule has 0 saturated carbocycles. The number of amides is 4. The van der Waals surface area contributed by atoms with Gasteiger partial charge >= 0.3 is 5.97 Å². The zero-order valence-electron chi connectivity index (χ0n) is 19.7. The number of carbonyl (C=O) groups is 5. The van der Waals surface area contributed by atoms with Crippen LogP contribution in [0.4, 0.5) is 0 Å². The number of carbonyl (C=O) groups excluding carboxylic acids is 5. The molecule has 1 saturated heterocycles. The molecule has 34 heavy (non-hydrogen) atoms. The molecule has 1 aliphatic heterocycles. The van der Waals surface area contributed by atoms with Crippen LogP contribution in [0.1, 0.15) is 39.7 Å². The highest BCUT2D eigenvalue weighted by atomic mass is 16.5. The van der Waals surface area contributed by atoms with Crippen molar-refractivity contribution in [2.45, 2.75) is 64.7 Å². The van der Waals surface area contributed by atoms with E-state index < -0.39 is 53.8 Å². The van der Waals surface area contributed by atoms with Gasteiger partial charge in [0.05, 0.1) is 12.5 Å². The van der Waals surface area contributed by atoms with E-state index in [1.807, 2.05) is 0 Å². The van der Waals surface area contributed by atoms with Crippen LogP contribution in [0.5, 0.6) is 5.75 Å². The van der Waals surface area contributed by atoms with Crippen molar-refractivity contribution in [2.24, 2.45) is 5.92 Å². The lowest BCUT2D eigenvalue weighted by Crippen LogP contribution is -2.58. The van der Waals surface area contributed by atoms with Gasteiger partial charge in [0.1, 0.15) is 30.5 Å². The maximum Gasteiger partial charge on any atom is 0.308 e. The van der Waals surface area contributed by atoms with Gasteiger partial charge in [0.2, 0.25) is 23.6 Å². The minimum atomic E-state index is -0.963. The lowest BCUT2D eigenvalue weighted by atomic mass is 10.0. The van der Waals surface area contributed by atoms with Gasteiger partial charge in [0.25, 0.3) is 0 Å². The van der Waals surface area contributed by atoms with E-state index in [2.05, 4.69) is 21.3 Å². The van der Waals surface area contributed by atoms with Crippen LogP contribution in [0.3, 0.4) is 0 Å². The second-order valence-electron chi connectivity index (χ2n) is 8.68. The predicted molar refractivity (Wildman–Crippen MR) is 121 cm³/mol. The average Bonchev–Trinajstić information content (AvgIpc) is 3.16. The summed E-state index contributed by atoms with van der Waals surface area (Å²) in [5.41, 5.74) is 0.705. The number of nitrogens with one attached hydrogen (secondary N) is 4. The van der Waals surface area contributed by atoms with Gasteiger partial charge in [0.15, 0.2) is 0 Å². The second-order valence-corrected chi connectivity index (χ2v) is 8.68. The van der Waals surface area contributed by atoms with E-state index in [0.717, 1.165) is 0 Å². The molecule has 2 rings (SSSR count). The Bertz CT molecular complexity index is 916. The Morgan fingerprint density at radius 2 is 1.65 bits per heavy atom. The highest BCUT2D eigenvalue weighted by Gasteiger charge is 2.31. The minimum Gasteiger partial charge on any atom is -0.508 e. The van der Waals surface area contributed by atoms with Crippen molar-refractivity contribution in [1.29, 1.82) is 0 Å². The van der Waals surface area contributed by atoms with E-state index in [1.54, 1.807) is 26.0 Å². The van der Waals surface area contributed by atoms with Crippen LogP contribution in [-0.4, -0.2) is 65.5 Å². The summed E-state index contributed by atoms with van der Waals surface area (Å²) in [6.45, 7) is 6.34. The van der Waals surface area contributed by atoms with Crippen LogP contribution in [0, 0.1) is 5.92 Å². The molecule has 1 aromatic rings. The van der Waals surface area contributed by atoms with Gasteiger partial charge in [-0.1, -0.05) is 26.0 Å². The number of aromatic hydroxyl groups is 1. The Labute approximate surface area is 198 Å². The molecule has 1 aromatic carbocycles. The molecule has 0 bridgehead atoms. The van der Waals surface area contributed by atoms with Crippen LogP contribution in [0.15, 0.2) is 24.3 Å². The number of ether oxygens (including phenoxy) is 1. The lowest BCUT2D eigenvalue weighted by Gasteiger charge is -2.26. The molecular weight excluding hydrogens is 444 g/mol. The van der Waals surface area contributed by atoms with E-state index in [-0.39, 0.29) is 31.1 Å². The zero-order valence-corrected chi connectivity index (χ0v) is 19.7. The summed E-state index contributed by atoms with van der Waals surface area (Å²) in [7, 11) is 0. The van der Waals surface area contributed by atoms with E-state index >= 15 is 0 Å². The highest BCUT2D eigenvalue weighted by Crippen LogP contribution is 2.12. The molecular formula is C23H32N4O7. The maximum atomic E-state index is 13.0. The largest absolute Gasteiger partial charge is 0.508 e. The second kappa shape index (κ2) is 12.0. The Kier molecular flexibility index (Phi) is 9.40. The van der Waals surface area contributed by atoms with Gasteiger partial charge in [-0.2, -0.15) is 0 Å². The summed E-state index contributed by atoms with van der Waals surface area (Å²) in [6, 6.07) is 2.95. The Hall–Kier alpha value is -3.63. The fourth-order valence-electron chi connectivity index (χ4n) is 3.41. The summed E-state index contributed by atoms with van der Waals surface area (Å²) in [5, 5.41) is 19.9. The van der Waals surface area contributed by atoms with Crippen LogP contribution < -0.4 is 21.3 Å². The van der Waals surface area contributed by atoms with Crippen LogP contribution in [0.25, 0.3) is 0 Å². The molecule has 0 spiro atoms. The number of esters is 1. The summed E-state index contributed by atoms with van der Waals surface area (Å²) in [6.07, 6.45) is 0.224. The summed E-state index contributed by atoms with van der Waals surface area (Å²) in [5.74, 6) is -2.65. The summed E-state index contributed by atoms with van der Waals surface area (Å²) in [4.78, 5) is 61.0. The van der Waals surface area contributed by atoms with Gasteiger partial charge in [0, 0.05) is 13.3 Å². The van der Waals surface area contributed by atoms with Crippen molar-refractivity contribution < 1.29 is 33.8 Å². The minimum absolute atomic E-state index is 0.0721. The fourth-order valence-corrected chi connectivity index (χ4v) is 3.41. The standard InChI is InChI=1S/C23H32N4O7/c1-12(2)20(23(33)24-13(3)21(31)26-16-10-19(30)34-11-16)27-22(32)18(25-14(4)28)9-15-5-7-17(29)8-6-15/h5-8,12-13,16,18,20,29H,9-11H2,1-4H3,(H,24,33)(H,25,28)(H,26,31)(H,27,32)/t13-,16-,18-,20-/m0/s1. The molecule has 4 atom stereocenters. The first-order valence-corrected chi connectivity index (χ1v) is 11.1. The van der Waals surface area contributed by atoms with Crippen LogP contribution in [0.2, 0.25) is 0 Å². The topological polar surface area (TPSA) is 163 Å². The molecule has 0 aromatic heterocycles. The van der Waals surface area contributed by atoms with Crippen molar-refractivity contribution in [3.05, 3.63) is 29.8 Å².